The first kappa shape index (κ1) is 22.8. The fourth-order valence-electron chi connectivity index (χ4n) is 4.17. The summed E-state index contributed by atoms with van der Waals surface area (Å²) in [5.74, 6) is 1.34. The van der Waals surface area contributed by atoms with Gasteiger partial charge in [0.05, 0.1) is 25.2 Å². The molecule has 1 aliphatic rings. The van der Waals surface area contributed by atoms with Crippen molar-refractivity contribution in [2.24, 2.45) is 0 Å². The van der Waals surface area contributed by atoms with Gasteiger partial charge in [0.2, 0.25) is 5.91 Å². The number of aromatic nitrogens is 1. The van der Waals surface area contributed by atoms with E-state index in [-0.39, 0.29) is 12.0 Å². The maximum absolute atomic E-state index is 13.5. The molecule has 0 radical (unpaired) electrons. The number of hydrogen-bond donors (Lipinski definition) is 0. The van der Waals surface area contributed by atoms with Crippen LogP contribution in [0.5, 0.6) is 11.5 Å². The molecule has 33 heavy (non-hydrogen) atoms. The molecule has 3 aromatic rings. The number of rotatable bonds is 10. The molecule has 1 atom stereocenters. The SMILES string of the molecule is C=CCOc1ccc(CN(C[C@H]2CCCO2)C(=O)Cc2cccc3cccnc23)cc1OC. The molecule has 172 valence electrons. The topological polar surface area (TPSA) is 60.9 Å². The predicted molar refractivity (Wildman–Crippen MR) is 129 cm³/mol. The minimum Gasteiger partial charge on any atom is -0.493 e. The molecule has 1 aliphatic heterocycles. The van der Waals surface area contributed by atoms with Crippen molar-refractivity contribution >= 4 is 16.8 Å². The maximum Gasteiger partial charge on any atom is 0.227 e. The molecule has 0 saturated carbocycles. The normalized spacial score (nSPS) is 15.4. The van der Waals surface area contributed by atoms with Crippen LogP contribution in [-0.4, -0.2) is 48.8 Å². The summed E-state index contributed by atoms with van der Waals surface area (Å²) in [6.45, 7) is 5.87. The van der Waals surface area contributed by atoms with E-state index in [2.05, 4.69) is 11.6 Å². The minimum absolute atomic E-state index is 0.0506. The van der Waals surface area contributed by atoms with Crippen LogP contribution in [0.25, 0.3) is 10.9 Å². The number of benzene rings is 2. The van der Waals surface area contributed by atoms with Crippen LogP contribution in [0.15, 0.2) is 67.4 Å². The average molecular weight is 447 g/mol. The number of nitrogens with zero attached hydrogens (tertiary/aromatic N) is 2. The number of hydrogen-bond acceptors (Lipinski definition) is 5. The van der Waals surface area contributed by atoms with E-state index in [1.54, 1.807) is 19.4 Å². The van der Waals surface area contributed by atoms with Gasteiger partial charge in [-0.1, -0.05) is 43.0 Å². The zero-order valence-electron chi connectivity index (χ0n) is 19.0. The Morgan fingerprint density at radius 3 is 2.91 bits per heavy atom. The highest BCUT2D eigenvalue weighted by molar-refractivity contribution is 5.87. The van der Waals surface area contributed by atoms with Crippen LogP contribution in [0.4, 0.5) is 0 Å². The van der Waals surface area contributed by atoms with Gasteiger partial charge in [-0.3, -0.25) is 9.78 Å². The Morgan fingerprint density at radius 1 is 1.24 bits per heavy atom. The van der Waals surface area contributed by atoms with Gasteiger partial charge in [-0.15, -0.1) is 0 Å². The summed E-state index contributed by atoms with van der Waals surface area (Å²) in [4.78, 5) is 19.9. The maximum atomic E-state index is 13.5. The quantitative estimate of drug-likeness (QED) is 0.427. The van der Waals surface area contributed by atoms with Crippen LogP contribution in [0.3, 0.4) is 0 Å². The predicted octanol–water partition coefficient (Wildman–Crippen LogP) is 4.56. The highest BCUT2D eigenvalue weighted by Crippen LogP contribution is 2.29. The van der Waals surface area contributed by atoms with Gasteiger partial charge in [0.1, 0.15) is 6.61 Å². The van der Waals surface area contributed by atoms with Gasteiger partial charge in [-0.05, 0) is 42.2 Å². The first-order chi connectivity index (χ1) is 16.2. The van der Waals surface area contributed by atoms with Crippen molar-refractivity contribution < 1.29 is 19.0 Å². The Hall–Kier alpha value is -3.38. The molecule has 0 bridgehead atoms. The summed E-state index contributed by atoms with van der Waals surface area (Å²) < 4.78 is 17.0. The molecule has 1 fully saturated rings. The van der Waals surface area contributed by atoms with Crippen LogP contribution in [0.1, 0.15) is 24.0 Å². The van der Waals surface area contributed by atoms with E-state index in [1.165, 1.54) is 0 Å². The number of para-hydroxylation sites is 1. The van der Waals surface area contributed by atoms with E-state index in [1.807, 2.05) is 53.4 Å². The van der Waals surface area contributed by atoms with Gasteiger partial charge >= 0.3 is 0 Å². The second-order valence-electron chi connectivity index (χ2n) is 8.16. The van der Waals surface area contributed by atoms with Crippen molar-refractivity contribution in [1.82, 2.24) is 9.88 Å². The van der Waals surface area contributed by atoms with Gasteiger partial charge in [0.25, 0.3) is 0 Å². The molecule has 2 heterocycles. The van der Waals surface area contributed by atoms with Gasteiger partial charge < -0.3 is 19.1 Å². The Labute approximate surface area is 194 Å². The fourth-order valence-corrected chi connectivity index (χ4v) is 4.17. The summed E-state index contributed by atoms with van der Waals surface area (Å²) in [5.41, 5.74) is 2.78. The smallest absolute Gasteiger partial charge is 0.227 e. The number of methoxy groups -OCH3 is 1. The molecule has 2 aromatic carbocycles. The molecule has 4 rings (SSSR count). The monoisotopic (exact) mass is 446 g/mol. The lowest BCUT2D eigenvalue weighted by molar-refractivity contribution is -0.132. The second-order valence-corrected chi connectivity index (χ2v) is 8.16. The van der Waals surface area contributed by atoms with E-state index in [0.717, 1.165) is 41.5 Å². The molecular formula is C27H30N2O4. The molecule has 0 aliphatic carbocycles. The third-order valence-corrected chi connectivity index (χ3v) is 5.82. The lowest BCUT2D eigenvalue weighted by atomic mass is 10.1. The molecule has 6 heteroatoms. The molecule has 6 nitrogen and oxygen atoms in total. The average Bonchev–Trinajstić information content (AvgIpc) is 3.36. The fraction of sp³-hybridized carbons (Fsp3) is 0.333. The molecule has 0 N–H and O–H groups in total. The van der Waals surface area contributed by atoms with Crippen LogP contribution in [-0.2, 0) is 22.5 Å². The van der Waals surface area contributed by atoms with Crippen molar-refractivity contribution in [3.8, 4) is 11.5 Å². The van der Waals surface area contributed by atoms with E-state index >= 15 is 0 Å². The third kappa shape index (κ3) is 5.71. The van der Waals surface area contributed by atoms with Gasteiger partial charge in [0.15, 0.2) is 11.5 Å². The summed E-state index contributed by atoms with van der Waals surface area (Å²) >= 11 is 0. The molecule has 0 spiro atoms. The minimum atomic E-state index is 0.0506. The van der Waals surface area contributed by atoms with E-state index in [4.69, 9.17) is 14.2 Å². The first-order valence-electron chi connectivity index (χ1n) is 11.3. The number of amides is 1. The largest absolute Gasteiger partial charge is 0.493 e. The number of pyridine rings is 1. The van der Waals surface area contributed by atoms with Crippen LogP contribution in [0.2, 0.25) is 0 Å². The van der Waals surface area contributed by atoms with Gasteiger partial charge in [-0.25, -0.2) is 0 Å². The lowest BCUT2D eigenvalue weighted by Crippen LogP contribution is -2.37. The molecule has 0 unspecified atom stereocenters. The Balaban J connectivity index is 1.55. The first-order valence-corrected chi connectivity index (χ1v) is 11.3. The molecular weight excluding hydrogens is 416 g/mol. The molecule has 1 saturated heterocycles. The van der Waals surface area contributed by atoms with E-state index < -0.39 is 0 Å². The van der Waals surface area contributed by atoms with Crippen LogP contribution >= 0.6 is 0 Å². The van der Waals surface area contributed by atoms with Crippen LogP contribution < -0.4 is 9.47 Å². The third-order valence-electron chi connectivity index (χ3n) is 5.82. The molecule has 1 amide bonds. The van der Waals surface area contributed by atoms with Crippen molar-refractivity contribution in [3.05, 3.63) is 78.5 Å². The number of ether oxygens (including phenoxy) is 3. The lowest BCUT2D eigenvalue weighted by Gasteiger charge is -2.26. The standard InChI is InChI=1S/C27H30N2O4/c1-3-14-33-24-12-11-20(16-25(24)31-2)18-29(19-23-10-6-15-32-23)26(30)17-22-8-4-7-21-9-5-13-28-27(21)22/h3-5,7-9,11-13,16,23H,1,6,10,14-15,17-19H2,2H3/t23-/m1/s1. The zero-order valence-corrected chi connectivity index (χ0v) is 19.0. The number of carbonyl (C=O) groups excluding carboxylic acids is 1. The Kier molecular flexibility index (Phi) is 7.58. The summed E-state index contributed by atoms with van der Waals surface area (Å²) in [5, 5.41) is 1.04. The number of carbonyl (C=O) groups is 1. The van der Waals surface area contributed by atoms with Crippen molar-refractivity contribution in [3.63, 3.8) is 0 Å². The Morgan fingerprint density at radius 2 is 2.12 bits per heavy atom. The number of fused-ring (bicyclic) bond motifs is 1. The van der Waals surface area contributed by atoms with Gasteiger partial charge in [0, 0.05) is 31.3 Å². The van der Waals surface area contributed by atoms with E-state index in [0.29, 0.717) is 37.6 Å². The van der Waals surface area contributed by atoms with Crippen molar-refractivity contribution in [2.75, 3.05) is 26.9 Å². The van der Waals surface area contributed by atoms with Crippen molar-refractivity contribution in [2.45, 2.75) is 31.9 Å². The summed E-state index contributed by atoms with van der Waals surface area (Å²) in [6.07, 6.45) is 5.82. The van der Waals surface area contributed by atoms with Crippen LogP contribution in [0, 0.1) is 0 Å². The summed E-state index contributed by atoms with van der Waals surface area (Å²) in [7, 11) is 1.61. The Bertz CT molecular complexity index is 1100. The second kappa shape index (κ2) is 11.0. The summed E-state index contributed by atoms with van der Waals surface area (Å²) in [6, 6.07) is 15.7. The zero-order chi connectivity index (χ0) is 23.0. The molecule has 1 aromatic heterocycles. The van der Waals surface area contributed by atoms with Crippen molar-refractivity contribution in [1.29, 1.82) is 0 Å². The van der Waals surface area contributed by atoms with E-state index in [9.17, 15) is 4.79 Å². The highest BCUT2D eigenvalue weighted by atomic mass is 16.5. The van der Waals surface area contributed by atoms with Gasteiger partial charge in [-0.2, -0.15) is 0 Å². The highest BCUT2D eigenvalue weighted by Gasteiger charge is 2.24.